The van der Waals surface area contributed by atoms with Crippen molar-refractivity contribution >= 4 is 23.5 Å². The van der Waals surface area contributed by atoms with Crippen LogP contribution in [0.15, 0.2) is 18.2 Å². The Bertz CT molecular complexity index is 902. The predicted molar refractivity (Wildman–Crippen MR) is 135 cm³/mol. The lowest BCUT2D eigenvalue weighted by Gasteiger charge is -2.35. The fraction of sp³-hybridized carbons (Fsp3) is 0.654. The van der Waals surface area contributed by atoms with Crippen molar-refractivity contribution in [2.24, 2.45) is 5.92 Å². The molecule has 9 heteroatoms. The molecule has 1 aromatic rings. The molecule has 0 bridgehead atoms. The van der Waals surface area contributed by atoms with E-state index in [1.54, 1.807) is 49.1 Å². The van der Waals surface area contributed by atoms with Gasteiger partial charge in [0.2, 0.25) is 5.91 Å². The molecule has 1 saturated carbocycles. The monoisotopic (exact) mass is 488 g/mol. The number of nitrogens with one attached hydrogen (secondary N) is 2. The van der Waals surface area contributed by atoms with Crippen molar-refractivity contribution in [2.75, 3.05) is 39.2 Å². The number of urea groups is 1. The van der Waals surface area contributed by atoms with Gasteiger partial charge in [-0.3, -0.25) is 9.59 Å². The highest BCUT2D eigenvalue weighted by Gasteiger charge is 2.29. The van der Waals surface area contributed by atoms with E-state index in [1.807, 2.05) is 13.8 Å². The van der Waals surface area contributed by atoms with Gasteiger partial charge in [0.15, 0.2) is 0 Å². The molecule has 3 rings (SSSR count). The first-order valence-electron chi connectivity index (χ1n) is 12.6. The van der Waals surface area contributed by atoms with Crippen molar-refractivity contribution in [3.05, 3.63) is 23.8 Å². The molecule has 0 spiro atoms. The summed E-state index contributed by atoms with van der Waals surface area (Å²) in [6, 6.07) is 4.78. The van der Waals surface area contributed by atoms with Crippen molar-refractivity contribution in [3.8, 4) is 5.75 Å². The third-order valence-corrected chi connectivity index (χ3v) is 7.05. The van der Waals surface area contributed by atoms with Crippen LogP contribution in [0.25, 0.3) is 0 Å². The van der Waals surface area contributed by atoms with E-state index < -0.39 is 0 Å². The summed E-state index contributed by atoms with van der Waals surface area (Å²) in [4.78, 5) is 41.6. The second-order valence-electron chi connectivity index (χ2n) is 9.91. The molecule has 0 aromatic heterocycles. The number of anilines is 1. The molecule has 1 heterocycles. The number of nitrogens with zero attached hydrogens (tertiary/aromatic N) is 2. The molecular weight excluding hydrogens is 448 g/mol. The molecule has 0 unspecified atom stereocenters. The Hall–Kier alpha value is -2.81. The van der Waals surface area contributed by atoms with Crippen LogP contribution in [0.4, 0.5) is 10.5 Å². The lowest BCUT2D eigenvalue weighted by Crippen LogP contribution is -2.48. The van der Waals surface area contributed by atoms with Crippen molar-refractivity contribution in [3.63, 3.8) is 0 Å². The largest absolute Gasteiger partial charge is 0.491 e. The number of amides is 4. The minimum atomic E-state index is -0.263. The maximum Gasteiger partial charge on any atom is 0.319 e. The zero-order valence-corrected chi connectivity index (χ0v) is 21.6. The van der Waals surface area contributed by atoms with E-state index in [9.17, 15) is 14.4 Å². The highest BCUT2D eigenvalue weighted by Crippen LogP contribution is 2.27. The van der Waals surface area contributed by atoms with Gasteiger partial charge in [0.05, 0.1) is 17.7 Å². The number of hydrogen-bond acceptors (Lipinski definition) is 5. The molecule has 4 amide bonds. The van der Waals surface area contributed by atoms with Crippen LogP contribution >= 0.6 is 0 Å². The molecule has 1 aliphatic heterocycles. The standard InChI is InChI=1S/C26H40N4O5/c1-17-14-30(19(3)31)18(2)16-35-23-13-21(28-26(33)27-20-9-7-6-8-10-20)11-12-22(23)25(32)29(4)15-24(17)34-5/h11-13,17-18,20,24H,6-10,14-16H2,1-5H3,(H2,27,28,33)/t17-,18-,24-/m1/s1. The summed E-state index contributed by atoms with van der Waals surface area (Å²) < 4.78 is 11.8. The zero-order valence-electron chi connectivity index (χ0n) is 21.6. The van der Waals surface area contributed by atoms with Gasteiger partial charge in [-0.05, 0) is 31.9 Å². The average Bonchev–Trinajstić information content (AvgIpc) is 2.83. The summed E-state index contributed by atoms with van der Waals surface area (Å²) in [5.74, 6) is 0.161. The van der Waals surface area contributed by atoms with Crippen molar-refractivity contribution in [2.45, 2.75) is 71.1 Å². The molecule has 9 nitrogen and oxygen atoms in total. The Morgan fingerprint density at radius 3 is 2.49 bits per heavy atom. The van der Waals surface area contributed by atoms with Gasteiger partial charge >= 0.3 is 6.03 Å². The van der Waals surface area contributed by atoms with Crippen LogP contribution in [0.5, 0.6) is 5.75 Å². The van der Waals surface area contributed by atoms with E-state index in [-0.39, 0.29) is 48.6 Å². The Kier molecular flexibility index (Phi) is 9.37. The Morgan fingerprint density at radius 2 is 1.83 bits per heavy atom. The third kappa shape index (κ3) is 7.10. The first-order valence-corrected chi connectivity index (χ1v) is 12.6. The highest BCUT2D eigenvalue weighted by atomic mass is 16.5. The predicted octanol–water partition coefficient (Wildman–Crippen LogP) is 3.49. The number of likely N-dealkylation sites (N-methyl/N-ethyl adjacent to an activating group) is 1. The van der Waals surface area contributed by atoms with Crippen LogP contribution in [-0.4, -0.2) is 79.7 Å². The van der Waals surface area contributed by atoms with Gasteiger partial charge in [-0.25, -0.2) is 4.79 Å². The van der Waals surface area contributed by atoms with Gasteiger partial charge in [0.1, 0.15) is 12.4 Å². The smallest absolute Gasteiger partial charge is 0.319 e. The van der Waals surface area contributed by atoms with Crippen LogP contribution in [0.1, 0.15) is 63.2 Å². The van der Waals surface area contributed by atoms with Crippen LogP contribution in [0.3, 0.4) is 0 Å². The van der Waals surface area contributed by atoms with Crippen LogP contribution in [-0.2, 0) is 9.53 Å². The van der Waals surface area contributed by atoms with Crippen LogP contribution in [0.2, 0.25) is 0 Å². The lowest BCUT2D eigenvalue weighted by atomic mass is 9.96. The number of carbonyl (C=O) groups excluding carboxylic acids is 3. The summed E-state index contributed by atoms with van der Waals surface area (Å²) >= 11 is 0. The summed E-state index contributed by atoms with van der Waals surface area (Å²) in [7, 11) is 3.35. The fourth-order valence-electron chi connectivity index (χ4n) is 4.89. The molecule has 3 atom stereocenters. The van der Waals surface area contributed by atoms with Crippen molar-refractivity contribution in [1.82, 2.24) is 15.1 Å². The third-order valence-electron chi connectivity index (χ3n) is 7.05. The Labute approximate surface area is 208 Å². The molecule has 1 aromatic carbocycles. The van der Waals surface area contributed by atoms with Crippen LogP contribution in [0, 0.1) is 5.92 Å². The normalized spacial score (nSPS) is 24.5. The number of rotatable bonds is 3. The Balaban J connectivity index is 1.84. The number of hydrogen-bond donors (Lipinski definition) is 2. The highest BCUT2D eigenvalue weighted by molar-refractivity contribution is 5.98. The molecular formula is C26H40N4O5. The quantitative estimate of drug-likeness (QED) is 0.678. The maximum absolute atomic E-state index is 13.3. The second kappa shape index (κ2) is 12.2. The summed E-state index contributed by atoms with van der Waals surface area (Å²) in [6.45, 7) is 6.58. The van der Waals surface area contributed by atoms with Crippen LogP contribution < -0.4 is 15.4 Å². The number of fused-ring (bicyclic) bond motifs is 1. The molecule has 0 saturated heterocycles. The zero-order chi connectivity index (χ0) is 25.5. The average molecular weight is 489 g/mol. The lowest BCUT2D eigenvalue weighted by molar-refractivity contribution is -0.133. The van der Waals surface area contributed by atoms with Gasteiger partial charge in [-0.15, -0.1) is 0 Å². The molecule has 35 heavy (non-hydrogen) atoms. The number of methoxy groups -OCH3 is 1. The fourth-order valence-corrected chi connectivity index (χ4v) is 4.89. The number of ether oxygens (including phenoxy) is 2. The van der Waals surface area contributed by atoms with E-state index in [4.69, 9.17) is 9.47 Å². The van der Waals surface area contributed by atoms with Gasteiger partial charge in [0.25, 0.3) is 5.91 Å². The van der Waals surface area contributed by atoms with E-state index in [2.05, 4.69) is 10.6 Å². The van der Waals surface area contributed by atoms with Crippen molar-refractivity contribution < 1.29 is 23.9 Å². The van der Waals surface area contributed by atoms with Crippen molar-refractivity contribution in [1.29, 1.82) is 0 Å². The first kappa shape index (κ1) is 26.8. The van der Waals surface area contributed by atoms with E-state index >= 15 is 0 Å². The molecule has 1 aliphatic carbocycles. The molecule has 1 fully saturated rings. The minimum Gasteiger partial charge on any atom is -0.491 e. The van der Waals surface area contributed by atoms with Gasteiger partial charge in [0, 0.05) is 57.9 Å². The van der Waals surface area contributed by atoms with Gasteiger partial charge in [-0.1, -0.05) is 26.2 Å². The summed E-state index contributed by atoms with van der Waals surface area (Å²) in [5.41, 5.74) is 0.939. The second-order valence-corrected chi connectivity index (χ2v) is 9.91. The van der Waals surface area contributed by atoms with Gasteiger partial charge < -0.3 is 29.9 Å². The van der Waals surface area contributed by atoms with E-state index in [0.717, 1.165) is 25.7 Å². The minimum absolute atomic E-state index is 0.0229. The first-order chi connectivity index (χ1) is 16.7. The maximum atomic E-state index is 13.3. The molecule has 2 N–H and O–H groups in total. The number of benzene rings is 1. The molecule has 194 valence electrons. The summed E-state index contributed by atoms with van der Waals surface area (Å²) in [5, 5.41) is 5.91. The topological polar surface area (TPSA) is 100 Å². The van der Waals surface area contributed by atoms with E-state index in [0.29, 0.717) is 30.1 Å². The number of carbonyl (C=O) groups is 3. The molecule has 2 aliphatic rings. The van der Waals surface area contributed by atoms with Gasteiger partial charge in [-0.2, -0.15) is 0 Å². The van der Waals surface area contributed by atoms with E-state index in [1.165, 1.54) is 6.42 Å². The summed E-state index contributed by atoms with van der Waals surface area (Å²) in [6.07, 6.45) is 5.23. The SMILES string of the molecule is CO[C@@H]1CN(C)C(=O)c2ccc(NC(=O)NC3CCCCC3)cc2OC[C@@H](C)N(C(C)=O)C[C@H]1C. The molecule has 0 radical (unpaired) electrons. The Morgan fingerprint density at radius 1 is 1.11 bits per heavy atom.